The lowest BCUT2D eigenvalue weighted by atomic mass is 10.0. The summed E-state index contributed by atoms with van der Waals surface area (Å²) in [4.78, 5) is 0. The number of halogens is 1. The topological polar surface area (TPSA) is 18.5 Å². The van der Waals surface area contributed by atoms with E-state index >= 15 is 0 Å². The molecule has 0 saturated carbocycles. The zero-order chi connectivity index (χ0) is 11.7. The van der Waals surface area contributed by atoms with Crippen LogP contribution in [0, 0.1) is 5.92 Å². The first kappa shape index (κ1) is 15.4. The Morgan fingerprint density at radius 3 is 2.07 bits per heavy atom. The largest absolute Gasteiger partial charge is 0.397 e. The van der Waals surface area contributed by atoms with Crippen molar-refractivity contribution in [2.45, 2.75) is 46.1 Å². The van der Waals surface area contributed by atoms with E-state index in [-0.39, 0.29) is 0 Å². The van der Waals surface area contributed by atoms with Crippen LogP contribution in [0.4, 0.5) is 0 Å². The Morgan fingerprint density at radius 2 is 1.67 bits per heavy atom. The van der Waals surface area contributed by atoms with Crippen LogP contribution in [0.25, 0.3) is 0 Å². The van der Waals surface area contributed by atoms with E-state index in [2.05, 4.69) is 13.8 Å². The van der Waals surface area contributed by atoms with Crippen LogP contribution in [0.1, 0.15) is 40.5 Å². The molecule has 0 fully saturated rings. The van der Waals surface area contributed by atoms with Gasteiger partial charge in [0.15, 0.2) is 0 Å². The normalized spacial score (nSPS) is 15.6. The molecule has 15 heavy (non-hydrogen) atoms. The molecule has 0 rings (SSSR count). The number of hydrogen-bond donors (Lipinski definition) is 0. The molecule has 0 N–H and O–H groups in total. The molecule has 0 saturated heterocycles. The summed E-state index contributed by atoms with van der Waals surface area (Å²) in [7, 11) is -1.47. The molecule has 0 aromatic rings. The van der Waals surface area contributed by atoms with E-state index < -0.39 is 9.28 Å². The van der Waals surface area contributed by atoms with Crippen LogP contribution >= 0.6 is 11.6 Å². The Hall–Kier alpha value is 0.427. The average Bonchev–Trinajstić information content (AvgIpc) is 2.24. The lowest BCUT2D eigenvalue weighted by molar-refractivity contribution is 0.196. The molecule has 0 spiro atoms. The minimum absolute atomic E-state index is 0.563. The van der Waals surface area contributed by atoms with Gasteiger partial charge in [0.1, 0.15) is 0 Å². The smallest absolute Gasteiger partial charge is 0.324 e. The van der Waals surface area contributed by atoms with E-state index in [9.17, 15) is 0 Å². The average molecular weight is 253 g/mol. The fourth-order valence-corrected chi connectivity index (χ4v) is 3.85. The maximum atomic E-state index is 5.73. The third-order valence-corrected chi connectivity index (χ3v) is 5.89. The molecule has 0 radical (unpaired) electrons. The summed E-state index contributed by atoms with van der Waals surface area (Å²) >= 11 is 5.70. The second kappa shape index (κ2) is 9.64. The highest BCUT2D eigenvalue weighted by atomic mass is 35.5. The monoisotopic (exact) mass is 252 g/mol. The van der Waals surface area contributed by atoms with Crippen LogP contribution in [0.15, 0.2) is 0 Å². The number of alkyl halides is 1. The maximum Gasteiger partial charge on any atom is 0.324 e. The van der Waals surface area contributed by atoms with Gasteiger partial charge in [0.05, 0.1) is 0 Å². The highest BCUT2D eigenvalue weighted by Gasteiger charge is 2.26. The molecule has 0 bridgehead atoms. The predicted molar refractivity (Wildman–Crippen MR) is 68.9 cm³/mol. The SMILES string of the molecule is CCO[SiH](OCC)C(C)C(C)CCCCl. The van der Waals surface area contributed by atoms with Gasteiger partial charge in [-0.2, -0.15) is 0 Å². The van der Waals surface area contributed by atoms with Crippen molar-refractivity contribution in [2.75, 3.05) is 19.1 Å². The zero-order valence-electron chi connectivity index (χ0n) is 10.5. The van der Waals surface area contributed by atoms with Crippen LogP contribution in [-0.2, 0) is 8.85 Å². The first-order valence-electron chi connectivity index (χ1n) is 5.96. The molecule has 0 aliphatic rings. The van der Waals surface area contributed by atoms with Crippen LogP contribution in [0.2, 0.25) is 5.54 Å². The number of rotatable bonds is 9. The van der Waals surface area contributed by atoms with E-state index in [1.807, 2.05) is 13.8 Å². The molecule has 0 heterocycles. The quantitative estimate of drug-likeness (QED) is 0.463. The van der Waals surface area contributed by atoms with Gasteiger partial charge in [-0.05, 0) is 38.1 Å². The van der Waals surface area contributed by atoms with Crippen molar-refractivity contribution in [3.8, 4) is 0 Å². The van der Waals surface area contributed by atoms with Crippen LogP contribution < -0.4 is 0 Å². The highest BCUT2D eigenvalue weighted by molar-refractivity contribution is 6.46. The Morgan fingerprint density at radius 1 is 1.13 bits per heavy atom. The lowest BCUT2D eigenvalue weighted by Gasteiger charge is -2.26. The van der Waals surface area contributed by atoms with E-state index in [0.29, 0.717) is 11.5 Å². The minimum atomic E-state index is -1.47. The molecule has 0 aliphatic carbocycles. The fraction of sp³-hybridized carbons (Fsp3) is 1.00. The Bertz CT molecular complexity index is 141. The minimum Gasteiger partial charge on any atom is -0.397 e. The molecular weight excluding hydrogens is 228 g/mol. The Balaban J connectivity index is 4.02. The molecule has 2 unspecified atom stereocenters. The van der Waals surface area contributed by atoms with E-state index in [1.165, 1.54) is 6.42 Å². The summed E-state index contributed by atoms with van der Waals surface area (Å²) in [6.07, 6.45) is 2.26. The summed E-state index contributed by atoms with van der Waals surface area (Å²) in [5.74, 6) is 1.41. The summed E-state index contributed by atoms with van der Waals surface area (Å²) in [5.41, 5.74) is 0.563. The molecule has 0 aromatic heterocycles. The lowest BCUT2D eigenvalue weighted by Crippen LogP contribution is -2.31. The van der Waals surface area contributed by atoms with Gasteiger partial charge in [0.25, 0.3) is 0 Å². The van der Waals surface area contributed by atoms with E-state index in [4.69, 9.17) is 20.5 Å². The highest BCUT2D eigenvalue weighted by Crippen LogP contribution is 2.26. The van der Waals surface area contributed by atoms with Crippen molar-refractivity contribution < 1.29 is 8.85 Å². The molecular formula is C11H25ClO2Si. The third kappa shape index (κ3) is 6.56. The Labute approximate surface area is 101 Å². The van der Waals surface area contributed by atoms with Crippen LogP contribution in [0.5, 0.6) is 0 Å². The fourth-order valence-electron chi connectivity index (χ4n) is 1.61. The molecule has 0 amide bonds. The number of hydrogen-bond acceptors (Lipinski definition) is 2. The summed E-state index contributed by atoms with van der Waals surface area (Å²) < 4.78 is 11.5. The second-order valence-electron chi connectivity index (χ2n) is 3.95. The summed E-state index contributed by atoms with van der Waals surface area (Å²) in [5, 5.41) is 0. The van der Waals surface area contributed by atoms with Gasteiger partial charge in [-0.1, -0.05) is 13.8 Å². The van der Waals surface area contributed by atoms with Crippen molar-refractivity contribution in [3.63, 3.8) is 0 Å². The summed E-state index contributed by atoms with van der Waals surface area (Å²) in [6.45, 7) is 10.1. The van der Waals surface area contributed by atoms with E-state index in [0.717, 1.165) is 25.5 Å². The van der Waals surface area contributed by atoms with Gasteiger partial charge >= 0.3 is 9.28 Å². The second-order valence-corrected chi connectivity index (χ2v) is 6.78. The zero-order valence-corrected chi connectivity index (χ0v) is 12.4. The van der Waals surface area contributed by atoms with Crippen LogP contribution in [-0.4, -0.2) is 28.4 Å². The molecule has 0 aliphatic heterocycles. The molecule has 2 atom stereocenters. The van der Waals surface area contributed by atoms with Gasteiger partial charge < -0.3 is 8.85 Å². The molecule has 0 aromatic carbocycles. The van der Waals surface area contributed by atoms with Gasteiger partial charge in [-0.15, -0.1) is 11.6 Å². The maximum absolute atomic E-state index is 5.73. The van der Waals surface area contributed by atoms with Gasteiger partial charge in [0, 0.05) is 19.1 Å². The summed E-state index contributed by atoms with van der Waals surface area (Å²) in [6, 6.07) is 0. The third-order valence-electron chi connectivity index (χ3n) is 2.78. The predicted octanol–water partition coefficient (Wildman–Crippen LogP) is 3.33. The van der Waals surface area contributed by atoms with Crippen molar-refractivity contribution in [2.24, 2.45) is 5.92 Å². The van der Waals surface area contributed by atoms with Crippen molar-refractivity contribution in [1.29, 1.82) is 0 Å². The first-order valence-corrected chi connectivity index (χ1v) is 8.10. The van der Waals surface area contributed by atoms with Crippen molar-refractivity contribution >= 4 is 20.9 Å². The molecule has 4 heteroatoms. The van der Waals surface area contributed by atoms with Gasteiger partial charge in [-0.25, -0.2) is 0 Å². The first-order chi connectivity index (χ1) is 7.17. The van der Waals surface area contributed by atoms with Gasteiger partial charge in [0.2, 0.25) is 0 Å². The van der Waals surface area contributed by atoms with E-state index in [1.54, 1.807) is 0 Å². The van der Waals surface area contributed by atoms with Gasteiger partial charge in [-0.3, -0.25) is 0 Å². The van der Waals surface area contributed by atoms with Crippen LogP contribution in [0.3, 0.4) is 0 Å². The van der Waals surface area contributed by atoms with Crippen molar-refractivity contribution in [1.82, 2.24) is 0 Å². The molecule has 92 valence electrons. The Kier molecular flexibility index (Phi) is 9.91. The molecule has 2 nitrogen and oxygen atoms in total. The standard InChI is InChI=1S/C11H25ClO2Si/c1-5-13-15(14-6-2)11(4)10(3)8-7-9-12/h10-11,15H,5-9H2,1-4H3. The van der Waals surface area contributed by atoms with Crippen molar-refractivity contribution in [3.05, 3.63) is 0 Å².